The molecule has 28 heavy (non-hydrogen) atoms. The first-order valence-corrected chi connectivity index (χ1v) is 10.7. The number of carbonyl (C=O) groups excluding carboxylic acids is 1. The van der Waals surface area contributed by atoms with Crippen molar-refractivity contribution in [2.75, 3.05) is 12.4 Å². The third-order valence-corrected chi connectivity index (χ3v) is 6.28. The van der Waals surface area contributed by atoms with E-state index in [1.165, 1.54) is 25.7 Å². The van der Waals surface area contributed by atoms with E-state index in [2.05, 4.69) is 27.0 Å². The number of aliphatic imine (C=N–C) groups is 1. The molecule has 0 spiro atoms. The van der Waals surface area contributed by atoms with Gasteiger partial charge >= 0.3 is 0 Å². The molecule has 152 valence electrons. The van der Waals surface area contributed by atoms with Crippen LogP contribution < -0.4 is 16.0 Å². The molecular formula is C22H32N4O2. The molecule has 3 fully saturated rings. The van der Waals surface area contributed by atoms with Gasteiger partial charge in [0, 0.05) is 25.2 Å². The monoisotopic (exact) mass is 384 g/mol. The molecule has 6 nitrogen and oxygen atoms in total. The topological polar surface area (TPSA) is 74.8 Å². The number of fused-ring (bicyclic) bond motifs is 2. The molecule has 2 saturated heterocycles. The number of ether oxygens (including phenoxy) is 1. The predicted molar refractivity (Wildman–Crippen MR) is 111 cm³/mol. The molecule has 2 aliphatic heterocycles. The Kier molecular flexibility index (Phi) is 6.15. The smallest absolute Gasteiger partial charge is 0.227 e. The highest BCUT2D eigenvalue weighted by Gasteiger charge is 2.41. The summed E-state index contributed by atoms with van der Waals surface area (Å²) in [5.74, 6) is 1.14. The maximum atomic E-state index is 12.5. The zero-order valence-electron chi connectivity index (χ0n) is 16.7. The summed E-state index contributed by atoms with van der Waals surface area (Å²) >= 11 is 0. The lowest BCUT2D eigenvalue weighted by Crippen LogP contribution is -2.47. The summed E-state index contributed by atoms with van der Waals surface area (Å²) in [4.78, 5) is 16.8. The summed E-state index contributed by atoms with van der Waals surface area (Å²) in [5, 5.41) is 9.99. The molecule has 3 aliphatic rings. The van der Waals surface area contributed by atoms with Crippen molar-refractivity contribution in [3.63, 3.8) is 0 Å². The van der Waals surface area contributed by atoms with Crippen molar-refractivity contribution in [2.24, 2.45) is 10.9 Å². The van der Waals surface area contributed by atoms with Gasteiger partial charge in [-0.05, 0) is 49.8 Å². The summed E-state index contributed by atoms with van der Waals surface area (Å²) in [6, 6.07) is 8.42. The van der Waals surface area contributed by atoms with E-state index in [4.69, 9.17) is 4.74 Å². The quantitative estimate of drug-likeness (QED) is 0.538. The number of rotatable bonds is 5. The molecular weight excluding hydrogens is 352 g/mol. The van der Waals surface area contributed by atoms with Gasteiger partial charge in [-0.2, -0.15) is 0 Å². The number of nitrogens with one attached hydrogen (secondary N) is 3. The first kappa shape index (κ1) is 19.2. The lowest BCUT2D eigenvalue weighted by Gasteiger charge is -2.23. The van der Waals surface area contributed by atoms with Gasteiger partial charge in [0.05, 0.1) is 18.2 Å². The molecule has 1 amide bonds. The van der Waals surface area contributed by atoms with Crippen LogP contribution in [0.15, 0.2) is 29.3 Å². The van der Waals surface area contributed by atoms with Gasteiger partial charge in [-0.3, -0.25) is 9.79 Å². The molecule has 4 rings (SSSR count). The van der Waals surface area contributed by atoms with E-state index in [1.54, 1.807) is 7.05 Å². The molecule has 2 heterocycles. The van der Waals surface area contributed by atoms with E-state index >= 15 is 0 Å². The lowest BCUT2D eigenvalue weighted by molar-refractivity contribution is -0.120. The fourth-order valence-corrected chi connectivity index (χ4v) is 4.71. The number of anilines is 1. The Balaban J connectivity index is 1.28. The summed E-state index contributed by atoms with van der Waals surface area (Å²) in [6.45, 7) is 0.661. The maximum Gasteiger partial charge on any atom is 0.227 e. The van der Waals surface area contributed by atoms with Crippen LogP contribution in [0.3, 0.4) is 0 Å². The fourth-order valence-electron chi connectivity index (χ4n) is 4.71. The van der Waals surface area contributed by atoms with Crippen LogP contribution in [0, 0.1) is 5.92 Å². The van der Waals surface area contributed by atoms with Crippen LogP contribution >= 0.6 is 0 Å². The van der Waals surface area contributed by atoms with Crippen molar-refractivity contribution < 1.29 is 9.53 Å². The van der Waals surface area contributed by atoms with Gasteiger partial charge in [0.1, 0.15) is 0 Å². The highest BCUT2D eigenvalue weighted by atomic mass is 16.5. The van der Waals surface area contributed by atoms with E-state index in [0.29, 0.717) is 24.8 Å². The molecule has 0 radical (unpaired) electrons. The molecule has 1 aliphatic carbocycles. The molecule has 6 heteroatoms. The van der Waals surface area contributed by atoms with Crippen molar-refractivity contribution in [3.05, 3.63) is 29.8 Å². The summed E-state index contributed by atoms with van der Waals surface area (Å²) in [7, 11) is 1.80. The van der Waals surface area contributed by atoms with Crippen LogP contribution in [0.4, 0.5) is 5.69 Å². The van der Waals surface area contributed by atoms with Crippen molar-refractivity contribution in [3.8, 4) is 0 Å². The number of amides is 1. The number of guanidine groups is 1. The van der Waals surface area contributed by atoms with E-state index in [1.807, 2.05) is 18.2 Å². The molecule has 1 aromatic rings. The zero-order chi connectivity index (χ0) is 19.3. The van der Waals surface area contributed by atoms with Crippen LogP contribution in [0.2, 0.25) is 0 Å². The van der Waals surface area contributed by atoms with Crippen LogP contribution in [-0.2, 0) is 16.1 Å². The van der Waals surface area contributed by atoms with Crippen molar-refractivity contribution >= 4 is 17.6 Å². The van der Waals surface area contributed by atoms with Gasteiger partial charge in [-0.25, -0.2) is 0 Å². The molecule has 3 unspecified atom stereocenters. The second-order valence-corrected chi connectivity index (χ2v) is 8.31. The number of hydrogen-bond acceptors (Lipinski definition) is 3. The average molecular weight is 385 g/mol. The third-order valence-electron chi connectivity index (χ3n) is 6.28. The van der Waals surface area contributed by atoms with E-state index in [-0.39, 0.29) is 11.8 Å². The minimum Gasteiger partial charge on any atom is -0.373 e. The fraction of sp³-hybridized carbons (Fsp3) is 0.636. The average Bonchev–Trinajstić information content (AvgIpc) is 3.35. The minimum atomic E-state index is 0.165. The normalized spacial score (nSPS) is 27.6. The summed E-state index contributed by atoms with van der Waals surface area (Å²) in [5.41, 5.74) is 1.99. The van der Waals surface area contributed by atoms with Gasteiger partial charge in [0.15, 0.2) is 5.96 Å². The Morgan fingerprint density at radius 1 is 1.18 bits per heavy atom. The number of benzene rings is 1. The second-order valence-electron chi connectivity index (χ2n) is 8.31. The van der Waals surface area contributed by atoms with E-state index < -0.39 is 0 Å². The standard InChI is InChI=1S/C22H32N4O2/c1-23-22(26-19-13-18-10-11-20(19)28-18)24-14-15-6-5-9-17(12-15)25-21(27)16-7-3-2-4-8-16/h5-6,9,12,16,18-20H,2-4,7-8,10-11,13-14H2,1H3,(H,25,27)(H2,23,24,26). The largest absolute Gasteiger partial charge is 0.373 e. The van der Waals surface area contributed by atoms with Crippen LogP contribution in [0.5, 0.6) is 0 Å². The Bertz CT molecular complexity index is 714. The molecule has 3 N–H and O–H groups in total. The Labute approximate surface area is 167 Å². The Morgan fingerprint density at radius 2 is 2.04 bits per heavy atom. The lowest BCUT2D eigenvalue weighted by atomic mass is 9.88. The van der Waals surface area contributed by atoms with Gasteiger partial charge in [0.2, 0.25) is 5.91 Å². The van der Waals surface area contributed by atoms with E-state index in [9.17, 15) is 4.79 Å². The molecule has 1 aromatic carbocycles. The second kappa shape index (κ2) is 8.95. The number of nitrogens with zero attached hydrogens (tertiary/aromatic N) is 1. The van der Waals surface area contributed by atoms with Gasteiger partial charge < -0.3 is 20.7 Å². The zero-order valence-corrected chi connectivity index (χ0v) is 16.7. The van der Waals surface area contributed by atoms with Crippen LogP contribution in [0.25, 0.3) is 0 Å². The highest BCUT2D eigenvalue weighted by Crippen LogP contribution is 2.34. The summed E-state index contributed by atoms with van der Waals surface area (Å²) < 4.78 is 5.91. The van der Waals surface area contributed by atoms with Gasteiger partial charge in [0.25, 0.3) is 0 Å². The maximum absolute atomic E-state index is 12.5. The SMILES string of the molecule is CN=C(NCc1cccc(NC(=O)C2CCCCC2)c1)NC1CC2CCC1O2. The number of carbonyl (C=O) groups is 1. The van der Waals surface area contributed by atoms with Crippen molar-refractivity contribution in [1.29, 1.82) is 0 Å². The molecule has 0 aromatic heterocycles. The van der Waals surface area contributed by atoms with Crippen molar-refractivity contribution in [2.45, 2.75) is 76.2 Å². The number of hydrogen-bond donors (Lipinski definition) is 3. The van der Waals surface area contributed by atoms with Crippen LogP contribution in [0.1, 0.15) is 56.9 Å². The third kappa shape index (κ3) is 4.66. The molecule has 1 saturated carbocycles. The van der Waals surface area contributed by atoms with Crippen LogP contribution in [-0.4, -0.2) is 37.2 Å². The Hall–Kier alpha value is -2.08. The Morgan fingerprint density at radius 3 is 2.75 bits per heavy atom. The van der Waals surface area contributed by atoms with Crippen molar-refractivity contribution in [1.82, 2.24) is 10.6 Å². The van der Waals surface area contributed by atoms with E-state index in [0.717, 1.165) is 42.9 Å². The highest BCUT2D eigenvalue weighted by molar-refractivity contribution is 5.92. The molecule has 3 atom stereocenters. The molecule has 2 bridgehead atoms. The predicted octanol–water partition coefficient (Wildman–Crippen LogP) is 3.19. The first-order chi connectivity index (χ1) is 13.7. The van der Waals surface area contributed by atoms with Gasteiger partial charge in [-0.1, -0.05) is 31.4 Å². The first-order valence-electron chi connectivity index (χ1n) is 10.7. The van der Waals surface area contributed by atoms with Gasteiger partial charge in [-0.15, -0.1) is 0 Å². The summed E-state index contributed by atoms with van der Waals surface area (Å²) in [6.07, 6.45) is 9.76. The minimum absolute atomic E-state index is 0.165.